The molecule has 4 atom stereocenters. The van der Waals surface area contributed by atoms with Crippen molar-refractivity contribution in [3.63, 3.8) is 0 Å². The third-order valence-corrected chi connectivity index (χ3v) is 9.86. The van der Waals surface area contributed by atoms with Crippen molar-refractivity contribution in [2.45, 2.75) is 36.5 Å². The number of pyridine rings is 1. The van der Waals surface area contributed by atoms with Gasteiger partial charge in [-0.2, -0.15) is 18.2 Å². The molecule has 1 saturated heterocycles. The maximum absolute atomic E-state index is 15.1. The largest absolute Gasteiger partial charge is 0.505 e. The predicted octanol–water partition coefficient (Wildman–Crippen LogP) is 4.53. The molecular formula is C31H22Cl2F4N6O5. The van der Waals surface area contributed by atoms with Gasteiger partial charge in [0.05, 0.1) is 34.5 Å². The van der Waals surface area contributed by atoms with Gasteiger partial charge in [0.25, 0.3) is 11.8 Å². The Balaban J connectivity index is 1.47. The highest BCUT2D eigenvalue weighted by Gasteiger charge is 2.69. The number of imide groups is 1. The number of nitrogens with one attached hydrogen (secondary N) is 1. The van der Waals surface area contributed by atoms with Crippen LogP contribution in [0.25, 0.3) is 0 Å². The van der Waals surface area contributed by atoms with Crippen molar-refractivity contribution in [2.75, 3.05) is 5.43 Å². The van der Waals surface area contributed by atoms with E-state index in [1.807, 2.05) is 0 Å². The number of allylic oxidation sites excluding steroid dienone is 2. The van der Waals surface area contributed by atoms with E-state index in [0.717, 1.165) is 16.7 Å². The van der Waals surface area contributed by atoms with E-state index in [1.165, 1.54) is 46.7 Å². The zero-order valence-electron chi connectivity index (χ0n) is 24.5. The number of carbonyl (C=O) groups is 2. The number of carbonyl (C=O) groups excluding carboxylic acids is 2. The summed E-state index contributed by atoms with van der Waals surface area (Å²) in [6, 6.07) is 9.20. The Morgan fingerprint density at radius 1 is 1.02 bits per heavy atom. The van der Waals surface area contributed by atoms with Crippen molar-refractivity contribution >= 4 is 40.8 Å². The molecule has 0 unspecified atom stereocenters. The Morgan fingerprint density at radius 3 is 2.38 bits per heavy atom. The SMILES string of the molecule is Cn1c(=O)n2n(c1=O)[C@@H]1C[C@H]3C(=O)N(Nc4ncc(C(F)(F)F)cc4Cl)C(=O)[C@@]3(c3ccc(Cl)cc3)[C@@H](c3ccc(O)c(F)c3)C1=CC2. The number of phenols is 1. The normalized spacial score (nSPS) is 23.4. The van der Waals surface area contributed by atoms with Crippen molar-refractivity contribution in [1.82, 2.24) is 23.9 Å². The maximum atomic E-state index is 15.1. The molecule has 1 aliphatic carbocycles. The molecular weight excluding hydrogens is 683 g/mol. The Bertz CT molecular complexity index is 2190. The van der Waals surface area contributed by atoms with Crippen LogP contribution in [0.3, 0.4) is 0 Å². The van der Waals surface area contributed by atoms with Gasteiger partial charge in [-0.1, -0.05) is 47.5 Å². The molecule has 7 rings (SSSR count). The quantitative estimate of drug-likeness (QED) is 0.181. The van der Waals surface area contributed by atoms with Gasteiger partial charge in [0.2, 0.25) is 0 Å². The molecule has 2 amide bonds. The maximum Gasteiger partial charge on any atom is 0.417 e. The number of halogens is 6. The molecule has 4 aromatic rings. The number of rotatable bonds is 4. The first-order valence-corrected chi connectivity index (χ1v) is 15.1. The Morgan fingerprint density at radius 2 is 1.73 bits per heavy atom. The standard InChI is InChI=1S/C31H22Cl2F4N6O5/c1-40-28(47)41-9-8-18-22(43(41)29(40)48)12-19-26(45)42(39-25-20(33)11-16(13-38-25)31(35,36)37)27(46)30(19,15-3-5-17(32)6-4-15)24(18)14-2-7-23(44)21(34)10-14/h2-8,10-11,13,19,22,24,44H,9,12H2,1H3,(H,38,39)/t19-,22+,24-,30+/m0/s1. The number of amides is 2. The van der Waals surface area contributed by atoms with Gasteiger partial charge in [-0.05, 0) is 53.5 Å². The highest BCUT2D eigenvalue weighted by Crippen LogP contribution is 2.62. The van der Waals surface area contributed by atoms with Crippen LogP contribution in [0.15, 0.2) is 76.0 Å². The number of hydrogen-bond donors (Lipinski definition) is 2. The highest BCUT2D eigenvalue weighted by atomic mass is 35.5. The summed E-state index contributed by atoms with van der Waals surface area (Å²) in [6.07, 6.45) is -2.82. The summed E-state index contributed by atoms with van der Waals surface area (Å²) in [4.78, 5) is 59.4. The molecule has 2 aliphatic heterocycles. The van der Waals surface area contributed by atoms with Gasteiger partial charge in [0, 0.05) is 24.2 Å². The third kappa shape index (κ3) is 4.44. The molecule has 2 N–H and O–H groups in total. The lowest BCUT2D eigenvalue weighted by atomic mass is 9.53. The van der Waals surface area contributed by atoms with Crippen molar-refractivity contribution < 1.29 is 32.3 Å². The van der Waals surface area contributed by atoms with Crippen LogP contribution < -0.4 is 16.8 Å². The molecule has 0 spiro atoms. The summed E-state index contributed by atoms with van der Waals surface area (Å²) in [5.74, 6) is -6.31. The van der Waals surface area contributed by atoms with E-state index in [4.69, 9.17) is 23.2 Å². The van der Waals surface area contributed by atoms with E-state index in [1.54, 1.807) is 6.08 Å². The van der Waals surface area contributed by atoms with E-state index in [9.17, 15) is 37.5 Å². The molecule has 48 heavy (non-hydrogen) atoms. The number of hydrazine groups is 1. The number of anilines is 1. The van der Waals surface area contributed by atoms with Crippen LogP contribution >= 0.6 is 23.2 Å². The monoisotopic (exact) mass is 704 g/mol. The number of nitrogens with zero attached hydrogens (tertiary/aromatic N) is 5. The zero-order valence-corrected chi connectivity index (χ0v) is 26.0. The molecule has 2 aromatic heterocycles. The molecule has 11 nitrogen and oxygen atoms in total. The van der Waals surface area contributed by atoms with Gasteiger partial charge in [-0.3, -0.25) is 15.0 Å². The number of benzene rings is 2. The van der Waals surface area contributed by atoms with Crippen molar-refractivity contribution in [3.05, 3.63) is 120 Å². The van der Waals surface area contributed by atoms with Crippen LogP contribution in [0, 0.1) is 11.7 Å². The average Bonchev–Trinajstić information content (AvgIpc) is 3.39. The first kappa shape index (κ1) is 31.7. The lowest BCUT2D eigenvalue weighted by Crippen LogP contribution is -2.53. The number of phenolic OH excluding ortho intramolecular Hbond substituents is 1. The first-order valence-electron chi connectivity index (χ1n) is 14.4. The smallest absolute Gasteiger partial charge is 0.417 e. The van der Waals surface area contributed by atoms with Gasteiger partial charge >= 0.3 is 17.6 Å². The van der Waals surface area contributed by atoms with E-state index < -0.39 is 80.6 Å². The van der Waals surface area contributed by atoms with Crippen LogP contribution in [0.4, 0.5) is 23.4 Å². The van der Waals surface area contributed by atoms with Crippen molar-refractivity contribution in [3.8, 4) is 5.75 Å². The molecule has 4 heterocycles. The fourth-order valence-corrected chi connectivity index (χ4v) is 7.57. The summed E-state index contributed by atoms with van der Waals surface area (Å²) in [5, 5.41) is 10.4. The molecule has 2 fully saturated rings. The molecule has 17 heteroatoms. The molecule has 0 bridgehead atoms. The topological polar surface area (TPSA) is 131 Å². The summed E-state index contributed by atoms with van der Waals surface area (Å²) in [5.41, 5.74) is -0.943. The lowest BCUT2D eigenvalue weighted by molar-refractivity contribution is -0.139. The van der Waals surface area contributed by atoms with Crippen molar-refractivity contribution in [1.29, 1.82) is 0 Å². The second-order valence-electron chi connectivity index (χ2n) is 11.7. The Hall–Kier alpha value is -4.89. The molecule has 2 aromatic carbocycles. The van der Waals surface area contributed by atoms with Crippen LogP contribution in [0.2, 0.25) is 10.0 Å². The van der Waals surface area contributed by atoms with E-state index in [0.29, 0.717) is 27.9 Å². The average molecular weight is 705 g/mol. The minimum Gasteiger partial charge on any atom is -0.505 e. The van der Waals surface area contributed by atoms with Crippen LogP contribution in [0.1, 0.15) is 35.1 Å². The van der Waals surface area contributed by atoms with Gasteiger partial charge in [-0.25, -0.2) is 32.9 Å². The Kier molecular flexibility index (Phi) is 7.14. The molecule has 248 valence electrons. The van der Waals surface area contributed by atoms with Crippen LogP contribution in [0.5, 0.6) is 5.75 Å². The van der Waals surface area contributed by atoms with E-state index >= 15 is 4.39 Å². The molecule has 3 aliphatic rings. The Labute approximate surface area is 277 Å². The number of hydrogen-bond acceptors (Lipinski definition) is 7. The van der Waals surface area contributed by atoms with Crippen LogP contribution in [-0.4, -0.2) is 40.8 Å². The van der Waals surface area contributed by atoms with Crippen LogP contribution in [-0.2, 0) is 34.8 Å². The summed E-state index contributed by atoms with van der Waals surface area (Å²) < 4.78 is 58.3. The first-order chi connectivity index (χ1) is 22.7. The fourth-order valence-electron chi connectivity index (χ4n) is 7.23. The second kappa shape index (κ2) is 10.8. The number of aromatic hydroxyl groups is 1. The van der Waals surface area contributed by atoms with Gasteiger partial charge in [0.1, 0.15) is 0 Å². The molecule has 0 radical (unpaired) electrons. The summed E-state index contributed by atoms with van der Waals surface area (Å²) >= 11 is 12.4. The van der Waals surface area contributed by atoms with Crippen molar-refractivity contribution in [2.24, 2.45) is 13.0 Å². The van der Waals surface area contributed by atoms with Gasteiger partial charge in [0.15, 0.2) is 17.4 Å². The fraction of sp³-hybridized carbons (Fsp3) is 0.258. The summed E-state index contributed by atoms with van der Waals surface area (Å²) in [6.45, 7) is -0.0889. The van der Waals surface area contributed by atoms with Gasteiger partial charge in [-0.15, -0.1) is 0 Å². The minimum atomic E-state index is -4.77. The van der Waals surface area contributed by atoms with E-state index in [-0.39, 0.29) is 24.1 Å². The lowest BCUT2D eigenvalue weighted by Gasteiger charge is -2.49. The van der Waals surface area contributed by atoms with Gasteiger partial charge < -0.3 is 5.11 Å². The second-order valence-corrected chi connectivity index (χ2v) is 12.6. The number of fused-ring (bicyclic) bond motifs is 4. The predicted molar refractivity (Wildman–Crippen MR) is 163 cm³/mol. The highest BCUT2D eigenvalue weighted by molar-refractivity contribution is 6.33. The number of aromatic nitrogens is 4. The number of alkyl halides is 3. The third-order valence-electron chi connectivity index (χ3n) is 9.32. The summed E-state index contributed by atoms with van der Waals surface area (Å²) in [7, 11) is 1.30. The van der Waals surface area contributed by atoms with E-state index in [2.05, 4.69) is 10.4 Å². The zero-order chi connectivity index (χ0) is 34.4. The molecule has 1 saturated carbocycles. The minimum absolute atomic E-state index is 0.0889.